The summed E-state index contributed by atoms with van der Waals surface area (Å²) in [7, 11) is 0. The van der Waals surface area contributed by atoms with Crippen LogP contribution in [0.4, 0.5) is 0 Å². The molecule has 0 radical (unpaired) electrons. The molecule has 0 aliphatic heterocycles. The van der Waals surface area contributed by atoms with E-state index in [0.29, 0.717) is 22.9 Å². The molecule has 0 spiro atoms. The zero-order valence-corrected chi connectivity index (χ0v) is 12.0. The van der Waals surface area contributed by atoms with Crippen molar-refractivity contribution in [1.29, 1.82) is 0 Å². The predicted molar refractivity (Wildman–Crippen MR) is 75.6 cm³/mol. The quantitative estimate of drug-likeness (QED) is 0.929. The van der Waals surface area contributed by atoms with Gasteiger partial charge in [-0.15, -0.1) is 11.3 Å². The van der Waals surface area contributed by atoms with Crippen LogP contribution >= 0.6 is 11.3 Å². The number of aromatic carboxylic acids is 1. The molecule has 100 valence electrons. The van der Waals surface area contributed by atoms with Gasteiger partial charge in [-0.05, 0) is 30.9 Å². The monoisotopic (exact) mass is 276 g/mol. The molecule has 0 aliphatic rings. The molecule has 19 heavy (non-hydrogen) atoms. The molecule has 2 aromatic heterocycles. The molecule has 2 rings (SSSR count). The van der Waals surface area contributed by atoms with Gasteiger partial charge in [0.05, 0.1) is 5.69 Å². The number of carbonyl (C=O) groups is 1. The van der Waals surface area contributed by atoms with Crippen LogP contribution < -0.4 is 0 Å². The van der Waals surface area contributed by atoms with Crippen molar-refractivity contribution in [3.63, 3.8) is 0 Å². The van der Waals surface area contributed by atoms with E-state index in [4.69, 9.17) is 0 Å². The fourth-order valence-electron chi connectivity index (χ4n) is 1.85. The Labute approximate surface area is 116 Å². The lowest BCUT2D eigenvalue weighted by Crippen LogP contribution is -2.02. The van der Waals surface area contributed by atoms with Crippen LogP contribution in [-0.4, -0.2) is 21.0 Å². The smallest absolute Gasteiger partial charge is 0.347 e. The van der Waals surface area contributed by atoms with Gasteiger partial charge < -0.3 is 5.11 Å². The van der Waals surface area contributed by atoms with Gasteiger partial charge in [-0.1, -0.05) is 13.8 Å². The van der Waals surface area contributed by atoms with E-state index in [9.17, 15) is 9.90 Å². The first-order valence-corrected chi connectivity index (χ1v) is 6.94. The molecule has 0 saturated heterocycles. The lowest BCUT2D eigenvalue weighted by molar-refractivity contribution is 0.0700. The normalized spacial score (nSPS) is 10.9. The van der Waals surface area contributed by atoms with E-state index < -0.39 is 5.97 Å². The maximum atomic E-state index is 11.3. The molecule has 0 amide bonds. The number of nitrogens with zero attached hydrogens (tertiary/aromatic N) is 2. The number of pyridine rings is 1. The number of thiazole rings is 1. The Morgan fingerprint density at radius 2 is 2.21 bits per heavy atom. The van der Waals surface area contributed by atoms with Crippen LogP contribution in [0.5, 0.6) is 0 Å². The summed E-state index contributed by atoms with van der Waals surface area (Å²) < 4.78 is 0. The highest BCUT2D eigenvalue weighted by atomic mass is 32.1. The van der Waals surface area contributed by atoms with Gasteiger partial charge in [0.1, 0.15) is 9.88 Å². The van der Waals surface area contributed by atoms with E-state index in [2.05, 4.69) is 23.8 Å². The fraction of sp³-hybridized carbons (Fsp3) is 0.357. The van der Waals surface area contributed by atoms with Gasteiger partial charge in [0.25, 0.3) is 0 Å². The van der Waals surface area contributed by atoms with Crippen LogP contribution in [0.15, 0.2) is 18.5 Å². The van der Waals surface area contributed by atoms with Gasteiger partial charge in [0.2, 0.25) is 0 Å². The average Bonchev–Trinajstić information content (AvgIpc) is 2.72. The summed E-state index contributed by atoms with van der Waals surface area (Å²) in [4.78, 5) is 20.2. The van der Waals surface area contributed by atoms with Crippen LogP contribution in [0, 0.1) is 12.8 Å². The van der Waals surface area contributed by atoms with Gasteiger partial charge in [-0.25, -0.2) is 9.78 Å². The van der Waals surface area contributed by atoms with E-state index in [-0.39, 0.29) is 0 Å². The molecule has 1 N–H and O–H groups in total. The highest BCUT2D eigenvalue weighted by Gasteiger charge is 2.19. The van der Waals surface area contributed by atoms with Crippen LogP contribution in [0.25, 0.3) is 10.6 Å². The van der Waals surface area contributed by atoms with Crippen molar-refractivity contribution in [2.75, 3.05) is 0 Å². The first-order chi connectivity index (χ1) is 8.99. The molecule has 5 heteroatoms. The molecular formula is C14H16N2O2S. The minimum absolute atomic E-state index is 0.340. The molecule has 4 nitrogen and oxygen atoms in total. The summed E-state index contributed by atoms with van der Waals surface area (Å²) in [6.45, 7) is 6.08. The van der Waals surface area contributed by atoms with Crippen molar-refractivity contribution in [3.05, 3.63) is 34.6 Å². The fourth-order valence-corrected chi connectivity index (χ4v) is 2.85. The molecule has 0 fully saturated rings. The molecule has 2 aromatic rings. The Kier molecular flexibility index (Phi) is 3.95. The van der Waals surface area contributed by atoms with Crippen molar-refractivity contribution in [3.8, 4) is 10.6 Å². The van der Waals surface area contributed by atoms with E-state index in [1.165, 1.54) is 11.3 Å². The molecule has 0 atom stereocenters. The summed E-state index contributed by atoms with van der Waals surface area (Å²) in [5.41, 5.74) is 2.63. The molecule has 0 unspecified atom stereocenters. The second kappa shape index (κ2) is 5.48. The van der Waals surface area contributed by atoms with Crippen LogP contribution in [0.1, 0.15) is 34.8 Å². The lowest BCUT2D eigenvalue weighted by atomic mass is 10.1. The summed E-state index contributed by atoms with van der Waals surface area (Å²) in [5, 5.41) is 10.00. The topological polar surface area (TPSA) is 63.1 Å². The minimum atomic E-state index is -0.902. The van der Waals surface area contributed by atoms with Crippen LogP contribution in [-0.2, 0) is 6.42 Å². The molecular weight excluding hydrogens is 260 g/mol. The number of hydrogen-bond donors (Lipinski definition) is 1. The second-order valence-electron chi connectivity index (χ2n) is 4.89. The second-order valence-corrected chi connectivity index (χ2v) is 5.89. The first kappa shape index (κ1) is 13.7. The number of hydrogen-bond acceptors (Lipinski definition) is 4. The Balaban J connectivity index is 2.49. The molecule has 0 aromatic carbocycles. The maximum Gasteiger partial charge on any atom is 0.347 e. The van der Waals surface area contributed by atoms with Gasteiger partial charge >= 0.3 is 5.97 Å². The Hall–Kier alpha value is -1.75. The van der Waals surface area contributed by atoms with E-state index in [1.807, 2.05) is 13.0 Å². The van der Waals surface area contributed by atoms with Crippen molar-refractivity contribution < 1.29 is 9.90 Å². The molecule has 0 saturated carbocycles. The number of carboxylic acid groups (broad SMARTS) is 1. The number of carboxylic acids is 1. The third-order valence-electron chi connectivity index (χ3n) is 2.76. The minimum Gasteiger partial charge on any atom is -0.477 e. The number of rotatable bonds is 4. The SMILES string of the molecule is Cc1ccncc1-c1nc(CC(C)C)c(C(=O)O)s1. The number of aryl methyl sites for hydroxylation is 1. The first-order valence-electron chi connectivity index (χ1n) is 6.13. The van der Waals surface area contributed by atoms with Gasteiger partial charge in [-0.3, -0.25) is 4.98 Å². The molecule has 0 bridgehead atoms. The van der Waals surface area contributed by atoms with Crippen LogP contribution in [0.2, 0.25) is 0 Å². The zero-order valence-electron chi connectivity index (χ0n) is 11.2. The number of aromatic nitrogens is 2. The Morgan fingerprint density at radius 1 is 1.47 bits per heavy atom. The van der Waals surface area contributed by atoms with Gasteiger partial charge in [-0.2, -0.15) is 0 Å². The van der Waals surface area contributed by atoms with E-state index in [1.54, 1.807) is 12.4 Å². The summed E-state index contributed by atoms with van der Waals surface area (Å²) in [6.07, 6.45) is 4.13. The average molecular weight is 276 g/mol. The standard InChI is InChI=1S/C14H16N2O2S/c1-8(2)6-11-12(14(17)18)19-13(16-11)10-7-15-5-4-9(10)3/h4-5,7-8H,6H2,1-3H3,(H,17,18). The Morgan fingerprint density at radius 3 is 2.79 bits per heavy atom. The predicted octanol–water partition coefficient (Wildman–Crippen LogP) is 3.41. The summed E-state index contributed by atoms with van der Waals surface area (Å²) in [5.74, 6) is -0.524. The zero-order chi connectivity index (χ0) is 14.0. The third-order valence-corrected chi connectivity index (χ3v) is 3.88. The van der Waals surface area contributed by atoms with Crippen LogP contribution in [0.3, 0.4) is 0 Å². The van der Waals surface area contributed by atoms with Crippen molar-refractivity contribution in [2.45, 2.75) is 27.2 Å². The van der Waals surface area contributed by atoms with Crippen molar-refractivity contribution in [1.82, 2.24) is 9.97 Å². The molecule has 0 aliphatic carbocycles. The highest BCUT2D eigenvalue weighted by molar-refractivity contribution is 7.17. The van der Waals surface area contributed by atoms with Gasteiger partial charge in [0, 0.05) is 18.0 Å². The van der Waals surface area contributed by atoms with E-state index >= 15 is 0 Å². The van der Waals surface area contributed by atoms with Crippen molar-refractivity contribution >= 4 is 17.3 Å². The third kappa shape index (κ3) is 2.98. The lowest BCUT2D eigenvalue weighted by Gasteiger charge is -2.02. The Bertz CT molecular complexity index is 605. The molecule has 2 heterocycles. The van der Waals surface area contributed by atoms with E-state index in [0.717, 1.165) is 16.1 Å². The summed E-state index contributed by atoms with van der Waals surface area (Å²) in [6, 6.07) is 1.90. The largest absolute Gasteiger partial charge is 0.477 e. The maximum absolute atomic E-state index is 11.3. The highest BCUT2D eigenvalue weighted by Crippen LogP contribution is 2.30. The van der Waals surface area contributed by atoms with Gasteiger partial charge in [0.15, 0.2) is 0 Å². The van der Waals surface area contributed by atoms with Crippen molar-refractivity contribution in [2.24, 2.45) is 5.92 Å². The summed E-state index contributed by atoms with van der Waals surface area (Å²) >= 11 is 1.23.